The summed E-state index contributed by atoms with van der Waals surface area (Å²) in [4.78, 5) is 4.15. The number of hydrogen-bond acceptors (Lipinski definition) is 4. The molecule has 16 heavy (non-hydrogen) atoms. The van der Waals surface area contributed by atoms with Gasteiger partial charge in [-0.2, -0.15) is 0 Å². The third-order valence-corrected chi connectivity index (χ3v) is 2.09. The fourth-order valence-corrected chi connectivity index (χ4v) is 1.32. The lowest BCUT2D eigenvalue weighted by Gasteiger charge is -2.08. The Kier molecular flexibility index (Phi) is 5.74. The van der Waals surface area contributed by atoms with Gasteiger partial charge in [0.2, 0.25) is 0 Å². The molecule has 1 heterocycles. The molecule has 1 rings (SSSR count). The maximum absolute atomic E-state index is 12.5. The molecule has 0 unspecified atom stereocenters. The Morgan fingerprint density at radius 3 is 2.75 bits per heavy atom. The standard InChI is InChI=1S/C11H19FN4/c1-3-13-6-7-14-10-4-5-11(15-8-10)9-16(2)12/h4-5,8,13-14H,3,6-7,9H2,1-2H3. The summed E-state index contributed by atoms with van der Waals surface area (Å²) in [7, 11) is 1.38. The average molecular weight is 226 g/mol. The zero-order valence-electron chi connectivity index (χ0n) is 9.83. The van der Waals surface area contributed by atoms with E-state index in [0.29, 0.717) is 5.12 Å². The van der Waals surface area contributed by atoms with Gasteiger partial charge in [0.15, 0.2) is 0 Å². The second kappa shape index (κ2) is 7.14. The molecule has 0 fully saturated rings. The van der Waals surface area contributed by atoms with E-state index in [1.807, 2.05) is 12.1 Å². The predicted octanol–water partition coefficient (Wildman–Crippen LogP) is 1.42. The molecule has 0 atom stereocenters. The number of rotatable bonds is 7. The third kappa shape index (κ3) is 5.04. The summed E-state index contributed by atoms with van der Waals surface area (Å²) >= 11 is 0. The molecule has 0 saturated carbocycles. The van der Waals surface area contributed by atoms with Crippen LogP contribution in [0.2, 0.25) is 0 Å². The smallest absolute Gasteiger partial charge is 0.0710 e. The Morgan fingerprint density at radius 1 is 1.38 bits per heavy atom. The van der Waals surface area contributed by atoms with Gasteiger partial charge in [-0.3, -0.25) is 4.98 Å². The summed E-state index contributed by atoms with van der Waals surface area (Å²) in [5.41, 5.74) is 1.69. The van der Waals surface area contributed by atoms with Crippen LogP contribution in [0.1, 0.15) is 12.6 Å². The molecule has 2 N–H and O–H groups in total. The van der Waals surface area contributed by atoms with Crippen LogP contribution in [0.5, 0.6) is 0 Å². The van der Waals surface area contributed by atoms with Gasteiger partial charge in [0.1, 0.15) is 0 Å². The van der Waals surface area contributed by atoms with Crippen LogP contribution in [0.25, 0.3) is 0 Å². The number of nitrogens with one attached hydrogen (secondary N) is 2. The highest BCUT2D eigenvalue weighted by molar-refractivity contribution is 5.40. The quantitative estimate of drug-likeness (QED) is 0.545. The third-order valence-electron chi connectivity index (χ3n) is 2.09. The van der Waals surface area contributed by atoms with Crippen LogP contribution in [0.4, 0.5) is 10.2 Å². The maximum atomic E-state index is 12.5. The molecule has 0 amide bonds. The number of likely N-dealkylation sites (N-methyl/N-ethyl adjacent to an activating group) is 1. The predicted molar refractivity (Wildman–Crippen MR) is 63.8 cm³/mol. The topological polar surface area (TPSA) is 40.2 Å². The van der Waals surface area contributed by atoms with Gasteiger partial charge in [-0.1, -0.05) is 6.92 Å². The van der Waals surface area contributed by atoms with Gasteiger partial charge in [-0.25, -0.2) is 0 Å². The molecule has 0 aliphatic carbocycles. The Balaban J connectivity index is 2.33. The van der Waals surface area contributed by atoms with Crippen LogP contribution in [0.3, 0.4) is 0 Å². The highest BCUT2D eigenvalue weighted by Gasteiger charge is 1.99. The molecular formula is C11H19FN4. The van der Waals surface area contributed by atoms with Gasteiger partial charge in [0.05, 0.1) is 24.1 Å². The van der Waals surface area contributed by atoms with E-state index in [0.717, 1.165) is 31.0 Å². The molecule has 1 aromatic rings. The van der Waals surface area contributed by atoms with Gasteiger partial charge in [-0.15, -0.1) is 9.60 Å². The van der Waals surface area contributed by atoms with E-state index >= 15 is 0 Å². The lowest BCUT2D eigenvalue weighted by Crippen LogP contribution is -2.21. The van der Waals surface area contributed by atoms with E-state index in [1.54, 1.807) is 6.20 Å². The van der Waals surface area contributed by atoms with E-state index in [1.165, 1.54) is 7.05 Å². The Bertz CT molecular complexity index is 287. The number of aromatic nitrogens is 1. The number of anilines is 1. The first-order chi connectivity index (χ1) is 7.72. The van der Waals surface area contributed by atoms with E-state index in [-0.39, 0.29) is 6.54 Å². The highest BCUT2D eigenvalue weighted by Crippen LogP contribution is 2.07. The second-order valence-electron chi connectivity index (χ2n) is 3.58. The fraction of sp³-hybridized carbons (Fsp3) is 0.545. The molecule has 1 aromatic heterocycles. The van der Waals surface area contributed by atoms with Gasteiger partial charge < -0.3 is 10.6 Å². The molecule has 0 aliphatic heterocycles. The van der Waals surface area contributed by atoms with Gasteiger partial charge in [-0.05, 0) is 18.7 Å². The molecule has 0 radical (unpaired) electrons. The number of nitrogens with zero attached hydrogens (tertiary/aromatic N) is 2. The molecule has 90 valence electrons. The van der Waals surface area contributed by atoms with Crippen LogP contribution in [0, 0.1) is 0 Å². The summed E-state index contributed by atoms with van der Waals surface area (Å²) in [6, 6.07) is 3.74. The highest BCUT2D eigenvalue weighted by atomic mass is 19.2. The van der Waals surface area contributed by atoms with Gasteiger partial charge in [0.25, 0.3) is 0 Å². The number of halogens is 1. The molecule has 5 heteroatoms. The van der Waals surface area contributed by atoms with Crippen molar-refractivity contribution in [2.45, 2.75) is 13.5 Å². The summed E-state index contributed by atoms with van der Waals surface area (Å²) in [6.07, 6.45) is 1.73. The molecule has 0 aromatic carbocycles. The number of pyridine rings is 1. The average Bonchev–Trinajstić information content (AvgIpc) is 2.26. The van der Waals surface area contributed by atoms with E-state index in [2.05, 4.69) is 22.5 Å². The van der Waals surface area contributed by atoms with Crippen molar-refractivity contribution in [1.82, 2.24) is 15.4 Å². The van der Waals surface area contributed by atoms with Crippen molar-refractivity contribution in [2.75, 3.05) is 32.0 Å². The first kappa shape index (κ1) is 12.9. The van der Waals surface area contributed by atoms with E-state index < -0.39 is 0 Å². The summed E-state index contributed by atoms with van der Waals surface area (Å²) in [5, 5.41) is 7.06. The Labute approximate surface area is 95.8 Å². The van der Waals surface area contributed by atoms with Crippen molar-refractivity contribution in [3.05, 3.63) is 24.0 Å². The molecule has 4 nitrogen and oxygen atoms in total. The van der Waals surface area contributed by atoms with E-state index in [9.17, 15) is 4.48 Å². The Morgan fingerprint density at radius 2 is 2.19 bits per heavy atom. The van der Waals surface area contributed by atoms with Crippen molar-refractivity contribution >= 4 is 5.69 Å². The minimum atomic E-state index is 0.220. The van der Waals surface area contributed by atoms with Crippen molar-refractivity contribution in [2.24, 2.45) is 0 Å². The van der Waals surface area contributed by atoms with Crippen molar-refractivity contribution in [3.63, 3.8) is 0 Å². The van der Waals surface area contributed by atoms with Crippen LogP contribution in [-0.4, -0.2) is 36.8 Å². The van der Waals surface area contributed by atoms with Gasteiger partial charge >= 0.3 is 0 Å². The minimum Gasteiger partial charge on any atom is -0.383 e. The first-order valence-corrected chi connectivity index (χ1v) is 5.48. The lowest BCUT2D eigenvalue weighted by atomic mass is 10.3. The lowest BCUT2D eigenvalue weighted by molar-refractivity contribution is 0.0491. The van der Waals surface area contributed by atoms with Crippen LogP contribution in [0.15, 0.2) is 18.3 Å². The molecular weight excluding hydrogens is 207 g/mol. The number of hydrogen-bond donors (Lipinski definition) is 2. The molecule has 0 saturated heterocycles. The monoisotopic (exact) mass is 226 g/mol. The van der Waals surface area contributed by atoms with Gasteiger partial charge in [0, 0.05) is 20.1 Å². The summed E-state index contributed by atoms with van der Waals surface area (Å²) in [6.45, 7) is 5.05. The zero-order chi connectivity index (χ0) is 11.8. The molecule has 0 spiro atoms. The van der Waals surface area contributed by atoms with Crippen molar-refractivity contribution < 1.29 is 4.48 Å². The van der Waals surface area contributed by atoms with Crippen LogP contribution in [-0.2, 0) is 6.54 Å². The molecule has 0 bridgehead atoms. The SMILES string of the molecule is CCNCCNc1ccc(CN(C)F)nc1. The van der Waals surface area contributed by atoms with Crippen molar-refractivity contribution in [3.8, 4) is 0 Å². The molecule has 0 aliphatic rings. The van der Waals surface area contributed by atoms with Crippen LogP contribution < -0.4 is 10.6 Å². The van der Waals surface area contributed by atoms with Crippen LogP contribution >= 0.6 is 0 Å². The maximum Gasteiger partial charge on any atom is 0.0710 e. The van der Waals surface area contributed by atoms with Crippen molar-refractivity contribution in [1.29, 1.82) is 0 Å². The fourth-order valence-electron chi connectivity index (χ4n) is 1.32. The second-order valence-corrected chi connectivity index (χ2v) is 3.58. The zero-order valence-corrected chi connectivity index (χ0v) is 9.83. The minimum absolute atomic E-state index is 0.220. The largest absolute Gasteiger partial charge is 0.383 e. The summed E-state index contributed by atoms with van der Waals surface area (Å²) in [5.74, 6) is 0. The summed E-state index contributed by atoms with van der Waals surface area (Å²) < 4.78 is 12.5. The normalized spacial score (nSPS) is 10.8. The first-order valence-electron chi connectivity index (χ1n) is 5.48. The van der Waals surface area contributed by atoms with E-state index in [4.69, 9.17) is 0 Å². The Hall–Kier alpha value is -1.20.